The van der Waals surface area contributed by atoms with Crippen LogP contribution in [0, 0.1) is 13.8 Å². The van der Waals surface area contributed by atoms with Gasteiger partial charge in [0.15, 0.2) is 0 Å². The molecular weight excluding hydrogens is 953 g/mol. The molecule has 0 radical (unpaired) electrons. The molecule has 1 aromatic heterocycles. The first-order valence-corrected chi connectivity index (χ1v) is 31.9. The number of aryl methyl sites for hydroxylation is 4. The predicted octanol–water partition coefficient (Wildman–Crippen LogP) is 23.8. The maximum Gasteiger partial charge on any atom is 0.0544 e. The van der Waals surface area contributed by atoms with Crippen molar-refractivity contribution < 1.29 is 0 Å². The molecule has 2 nitrogen and oxygen atoms in total. The fourth-order valence-electron chi connectivity index (χ4n) is 13.5. The molecule has 0 atom stereocenters. The van der Waals surface area contributed by atoms with Gasteiger partial charge in [-0.1, -0.05) is 248 Å². The number of rotatable bonds is 29. The molecule has 9 rings (SSSR count). The van der Waals surface area contributed by atoms with Crippen LogP contribution in [0.2, 0.25) is 0 Å². The molecule has 8 aromatic rings. The van der Waals surface area contributed by atoms with Crippen molar-refractivity contribution in [3.05, 3.63) is 178 Å². The Morgan fingerprint density at radius 2 is 0.911 bits per heavy atom. The molecule has 79 heavy (non-hydrogen) atoms. The van der Waals surface area contributed by atoms with Crippen molar-refractivity contribution in [2.75, 3.05) is 4.90 Å². The average Bonchev–Trinajstić information content (AvgIpc) is 4.09. The first-order valence-electron chi connectivity index (χ1n) is 31.9. The van der Waals surface area contributed by atoms with Gasteiger partial charge >= 0.3 is 0 Å². The number of aromatic nitrogens is 1. The minimum absolute atomic E-state index is 0.00995. The minimum atomic E-state index is 0.00995. The zero-order chi connectivity index (χ0) is 55.4. The van der Waals surface area contributed by atoms with E-state index in [9.17, 15) is 0 Å². The first-order chi connectivity index (χ1) is 38.5. The smallest absolute Gasteiger partial charge is 0.0544 e. The van der Waals surface area contributed by atoms with Crippen molar-refractivity contribution in [2.24, 2.45) is 0 Å². The molecule has 0 N–H and O–H groups in total. The summed E-state index contributed by atoms with van der Waals surface area (Å²) in [5.41, 5.74) is 23.6. The Morgan fingerprint density at radius 1 is 0.405 bits per heavy atom. The van der Waals surface area contributed by atoms with Gasteiger partial charge in [-0.2, -0.15) is 0 Å². The zero-order valence-corrected chi connectivity index (χ0v) is 50.6. The van der Waals surface area contributed by atoms with Crippen LogP contribution in [0.3, 0.4) is 0 Å². The van der Waals surface area contributed by atoms with Crippen LogP contribution >= 0.6 is 0 Å². The molecule has 1 aliphatic carbocycles. The number of benzene rings is 7. The summed E-state index contributed by atoms with van der Waals surface area (Å²) in [6.45, 7) is 20.8. The lowest BCUT2D eigenvalue weighted by Crippen LogP contribution is -2.25. The molecule has 0 spiro atoms. The fraction of sp³-hybridized carbons (Fsp3) is 0.455. The van der Waals surface area contributed by atoms with Crippen molar-refractivity contribution in [2.45, 2.75) is 227 Å². The SMILES string of the molecule is CCCCCCCCC1(CCCCCCCC)c2cc(C)ccc2-c2cc3c4ccccc4n(-c4cc(CCCCCC)c(-c5ccc(N(c6ccc(C)cc6)c6ccc(C(C)(C)C)cc6)cc5)cc4CCCCCC)c3cc21. The summed E-state index contributed by atoms with van der Waals surface area (Å²) in [6, 6.07) is 55.4. The Kier molecular flexibility index (Phi) is 19.8. The van der Waals surface area contributed by atoms with Crippen LogP contribution in [-0.2, 0) is 23.7 Å². The van der Waals surface area contributed by atoms with Crippen LogP contribution < -0.4 is 4.90 Å². The number of hydrogen-bond acceptors (Lipinski definition) is 1. The van der Waals surface area contributed by atoms with E-state index >= 15 is 0 Å². The van der Waals surface area contributed by atoms with Gasteiger partial charge in [0.25, 0.3) is 0 Å². The molecule has 0 bridgehead atoms. The van der Waals surface area contributed by atoms with E-state index in [0.29, 0.717) is 0 Å². The molecule has 416 valence electrons. The standard InChI is InChI=1S/C77H98N2/c1-10-14-18-22-24-30-50-77(51-31-25-23-19-15-11-2)71-52-58(6)38-49-66(71)69-55-70-67-34-28-29-35-73(67)79(75(70)56-72(69)77)74-54-60(32-26-20-16-12-3)68(53-61(74)33-27-21-17-13-4)59-39-45-64(46-40-59)78(63-43-36-57(5)37-44-63)65-47-41-62(42-48-65)76(7,8)9/h28-29,34-49,52-56H,10-27,30-33,50-51H2,1-9H3. The van der Waals surface area contributed by atoms with Crippen LogP contribution in [0.4, 0.5) is 17.1 Å². The van der Waals surface area contributed by atoms with Crippen molar-refractivity contribution in [3.8, 4) is 27.9 Å². The maximum atomic E-state index is 2.75. The van der Waals surface area contributed by atoms with Gasteiger partial charge in [-0.15, -0.1) is 0 Å². The Hall–Kier alpha value is -5.86. The topological polar surface area (TPSA) is 8.17 Å². The van der Waals surface area contributed by atoms with Gasteiger partial charge in [0.2, 0.25) is 0 Å². The highest BCUT2D eigenvalue weighted by atomic mass is 15.1. The van der Waals surface area contributed by atoms with Crippen LogP contribution in [0.25, 0.3) is 49.7 Å². The van der Waals surface area contributed by atoms with E-state index in [1.54, 1.807) is 11.1 Å². The molecule has 0 saturated carbocycles. The number of para-hydroxylation sites is 1. The van der Waals surface area contributed by atoms with Crippen molar-refractivity contribution in [3.63, 3.8) is 0 Å². The van der Waals surface area contributed by atoms with Crippen molar-refractivity contribution in [1.82, 2.24) is 4.57 Å². The van der Waals surface area contributed by atoms with Gasteiger partial charge in [0.1, 0.15) is 0 Å². The van der Waals surface area contributed by atoms with E-state index in [-0.39, 0.29) is 10.8 Å². The maximum absolute atomic E-state index is 2.75. The summed E-state index contributed by atoms with van der Waals surface area (Å²) in [4.78, 5) is 2.43. The average molecular weight is 1050 g/mol. The quantitative estimate of drug-likeness (QED) is 0.0424. The molecular formula is C77H98N2. The molecule has 1 aliphatic rings. The lowest BCUT2D eigenvalue weighted by molar-refractivity contribution is 0.398. The number of unbranched alkanes of at least 4 members (excludes halogenated alkanes) is 16. The number of fused-ring (bicyclic) bond motifs is 6. The second-order valence-corrected chi connectivity index (χ2v) is 25.2. The monoisotopic (exact) mass is 1050 g/mol. The predicted molar refractivity (Wildman–Crippen MR) is 347 cm³/mol. The van der Waals surface area contributed by atoms with E-state index in [1.807, 2.05) is 0 Å². The Bertz CT molecular complexity index is 3190. The van der Waals surface area contributed by atoms with E-state index in [1.165, 1.54) is 236 Å². The van der Waals surface area contributed by atoms with Crippen LogP contribution in [0.1, 0.15) is 229 Å². The summed E-state index contributed by atoms with van der Waals surface area (Å²) >= 11 is 0. The third kappa shape index (κ3) is 13.2. The number of nitrogens with zero attached hydrogens (tertiary/aromatic N) is 2. The summed E-state index contributed by atoms with van der Waals surface area (Å²) in [5.74, 6) is 0. The summed E-state index contributed by atoms with van der Waals surface area (Å²) in [6.07, 6.45) is 30.4. The first kappa shape index (κ1) is 57.8. The van der Waals surface area contributed by atoms with E-state index in [2.05, 4.69) is 211 Å². The van der Waals surface area contributed by atoms with Crippen LogP contribution in [0.5, 0.6) is 0 Å². The van der Waals surface area contributed by atoms with Crippen LogP contribution in [0.15, 0.2) is 140 Å². The zero-order valence-electron chi connectivity index (χ0n) is 50.6. The number of anilines is 3. The molecule has 0 saturated heterocycles. The molecule has 0 aliphatic heterocycles. The highest BCUT2D eigenvalue weighted by molar-refractivity contribution is 6.12. The third-order valence-corrected chi connectivity index (χ3v) is 18.1. The lowest BCUT2D eigenvalue weighted by atomic mass is 9.70. The molecule has 0 unspecified atom stereocenters. The largest absolute Gasteiger partial charge is 0.311 e. The highest BCUT2D eigenvalue weighted by Crippen LogP contribution is 2.56. The Labute approximate surface area is 479 Å². The Balaban J connectivity index is 1.21. The van der Waals surface area contributed by atoms with E-state index < -0.39 is 0 Å². The molecule has 0 fully saturated rings. The van der Waals surface area contributed by atoms with Gasteiger partial charge in [0, 0.05) is 38.9 Å². The fourth-order valence-corrected chi connectivity index (χ4v) is 13.5. The normalized spacial score (nSPS) is 12.9. The van der Waals surface area contributed by atoms with E-state index in [0.717, 1.165) is 12.8 Å². The molecule has 2 heteroatoms. The summed E-state index contributed by atoms with van der Waals surface area (Å²) < 4.78 is 2.75. The second kappa shape index (κ2) is 27.1. The minimum Gasteiger partial charge on any atom is -0.311 e. The van der Waals surface area contributed by atoms with Crippen LogP contribution in [-0.4, -0.2) is 4.57 Å². The summed E-state index contributed by atoms with van der Waals surface area (Å²) in [7, 11) is 0. The molecule has 0 amide bonds. The van der Waals surface area contributed by atoms with Crippen molar-refractivity contribution in [1.29, 1.82) is 0 Å². The van der Waals surface area contributed by atoms with E-state index in [4.69, 9.17) is 0 Å². The second-order valence-electron chi connectivity index (χ2n) is 25.2. The van der Waals surface area contributed by atoms with Crippen molar-refractivity contribution >= 4 is 38.9 Å². The third-order valence-electron chi connectivity index (χ3n) is 18.1. The highest BCUT2D eigenvalue weighted by Gasteiger charge is 2.43. The molecule has 7 aromatic carbocycles. The van der Waals surface area contributed by atoms with Gasteiger partial charge < -0.3 is 9.47 Å². The number of hydrogen-bond donors (Lipinski definition) is 0. The lowest BCUT2D eigenvalue weighted by Gasteiger charge is -2.33. The Morgan fingerprint density at radius 3 is 1.51 bits per heavy atom. The van der Waals surface area contributed by atoms with Gasteiger partial charge in [0.05, 0.1) is 11.0 Å². The van der Waals surface area contributed by atoms with Gasteiger partial charge in [-0.25, -0.2) is 0 Å². The summed E-state index contributed by atoms with van der Waals surface area (Å²) in [5, 5.41) is 2.76. The van der Waals surface area contributed by atoms with Gasteiger partial charge in [-0.05, 0) is 175 Å². The molecule has 1 heterocycles. The van der Waals surface area contributed by atoms with Gasteiger partial charge in [-0.3, -0.25) is 0 Å².